The number of nitrogens with zero attached hydrogens (tertiary/aromatic N) is 1. The lowest BCUT2D eigenvalue weighted by molar-refractivity contribution is -0.131. The van der Waals surface area contributed by atoms with Crippen LogP contribution in [0, 0.1) is 17.1 Å². The molecule has 1 heterocycles. The number of halogens is 2. The highest BCUT2D eigenvalue weighted by Crippen LogP contribution is 2.22. The van der Waals surface area contributed by atoms with Crippen molar-refractivity contribution in [1.82, 2.24) is 4.98 Å². The van der Waals surface area contributed by atoms with E-state index in [-0.39, 0.29) is 34.0 Å². The average Bonchev–Trinajstić information content (AvgIpc) is 2.89. The number of carbonyl (C=O) groups excluding carboxylic acids is 2. The first-order chi connectivity index (χ1) is 11.3. The van der Waals surface area contributed by atoms with Crippen molar-refractivity contribution in [2.45, 2.75) is 6.42 Å². The molecule has 3 N–H and O–H groups in total. The maximum atomic E-state index is 13.2. The first-order valence-corrected chi connectivity index (χ1v) is 6.84. The molecule has 0 fully saturated rings. The fourth-order valence-electron chi connectivity index (χ4n) is 1.91. The second kappa shape index (κ2) is 6.93. The zero-order valence-electron chi connectivity index (χ0n) is 11.9. The van der Waals surface area contributed by atoms with Gasteiger partial charge in [-0.2, -0.15) is 5.26 Å². The lowest BCUT2D eigenvalue weighted by Gasteiger charge is -2.05. The number of anilines is 1. The molecule has 7 nitrogen and oxygen atoms in total. The lowest BCUT2D eigenvalue weighted by Crippen LogP contribution is -2.15. The van der Waals surface area contributed by atoms with Crippen LogP contribution in [0.5, 0.6) is 0 Å². The molecule has 1 amide bonds. The molecule has 1 aromatic carbocycles. The molecule has 0 bridgehead atoms. The summed E-state index contributed by atoms with van der Waals surface area (Å²) in [5, 5.41) is 19.7. The Labute approximate surface area is 139 Å². The number of aromatic amines is 1. The maximum absolute atomic E-state index is 13.2. The van der Waals surface area contributed by atoms with Gasteiger partial charge in [0.25, 0.3) is 5.78 Å². The van der Waals surface area contributed by atoms with Gasteiger partial charge in [-0.05, 0) is 18.2 Å². The van der Waals surface area contributed by atoms with E-state index in [0.29, 0.717) is 0 Å². The van der Waals surface area contributed by atoms with Crippen molar-refractivity contribution in [3.63, 3.8) is 0 Å². The van der Waals surface area contributed by atoms with Gasteiger partial charge in [0.15, 0.2) is 0 Å². The van der Waals surface area contributed by atoms with Crippen molar-refractivity contribution < 1.29 is 23.9 Å². The van der Waals surface area contributed by atoms with Gasteiger partial charge in [0.1, 0.15) is 11.9 Å². The van der Waals surface area contributed by atoms with Gasteiger partial charge in [-0.3, -0.25) is 9.59 Å². The van der Waals surface area contributed by atoms with Crippen molar-refractivity contribution in [2.24, 2.45) is 0 Å². The molecule has 0 atom stereocenters. The third-order valence-electron chi connectivity index (χ3n) is 3.04. The van der Waals surface area contributed by atoms with Gasteiger partial charge in [0.05, 0.1) is 22.6 Å². The molecule has 1 aromatic heterocycles. The Bertz CT molecular complexity index is 885. The van der Waals surface area contributed by atoms with E-state index in [1.54, 1.807) is 6.07 Å². The molecule has 122 valence electrons. The number of nitriles is 1. The number of rotatable bonds is 5. The van der Waals surface area contributed by atoms with E-state index in [0.717, 1.165) is 12.3 Å². The molecule has 0 saturated carbocycles. The Balaban J connectivity index is 2.12. The monoisotopic (exact) mass is 349 g/mol. The van der Waals surface area contributed by atoms with Crippen LogP contribution in [0.2, 0.25) is 5.02 Å². The second-order valence-corrected chi connectivity index (χ2v) is 5.04. The summed E-state index contributed by atoms with van der Waals surface area (Å²) in [6.07, 6.45) is 0.831. The number of carboxylic acid groups (broad SMARTS) is 1. The number of Topliss-reactive ketones (excluding diaryl/α,β-unsaturated/α-hetero) is 1. The van der Waals surface area contributed by atoms with Gasteiger partial charge < -0.3 is 15.4 Å². The van der Waals surface area contributed by atoms with Crippen LogP contribution in [0.3, 0.4) is 0 Å². The van der Waals surface area contributed by atoms with Crippen molar-refractivity contribution in [3.05, 3.63) is 52.1 Å². The van der Waals surface area contributed by atoms with E-state index in [1.165, 1.54) is 12.1 Å². The summed E-state index contributed by atoms with van der Waals surface area (Å²) in [6, 6.07) is 5.14. The van der Waals surface area contributed by atoms with E-state index >= 15 is 0 Å². The molecule has 0 aliphatic carbocycles. The Morgan fingerprint density at radius 3 is 2.71 bits per heavy atom. The molecule has 0 aliphatic heterocycles. The van der Waals surface area contributed by atoms with Crippen molar-refractivity contribution in [3.8, 4) is 6.07 Å². The lowest BCUT2D eigenvalue weighted by atomic mass is 10.2. The van der Waals surface area contributed by atoms with Crippen LogP contribution in [0.15, 0.2) is 24.4 Å². The van der Waals surface area contributed by atoms with Gasteiger partial charge in [-0.1, -0.05) is 11.6 Å². The normalized spacial score (nSPS) is 10.0. The Kier molecular flexibility index (Phi) is 4.96. The maximum Gasteiger partial charge on any atom is 0.377 e. The number of carboxylic acids is 1. The van der Waals surface area contributed by atoms with Crippen LogP contribution in [-0.4, -0.2) is 27.8 Å². The van der Waals surface area contributed by atoms with Gasteiger partial charge >= 0.3 is 5.97 Å². The average molecular weight is 350 g/mol. The molecule has 0 radical (unpaired) electrons. The molecule has 9 heteroatoms. The smallest absolute Gasteiger partial charge is 0.377 e. The number of hydrogen-bond donors (Lipinski definition) is 3. The summed E-state index contributed by atoms with van der Waals surface area (Å²) < 4.78 is 13.2. The number of hydrogen-bond acceptors (Lipinski definition) is 4. The van der Waals surface area contributed by atoms with Gasteiger partial charge in [0, 0.05) is 17.6 Å². The summed E-state index contributed by atoms with van der Waals surface area (Å²) >= 11 is 5.89. The fraction of sp³-hybridized carbons (Fsp3) is 0.0667. The molecule has 24 heavy (non-hydrogen) atoms. The zero-order chi connectivity index (χ0) is 17.9. The van der Waals surface area contributed by atoms with E-state index in [9.17, 15) is 18.8 Å². The molecule has 2 aromatic rings. The number of amides is 1. The summed E-state index contributed by atoms with van der Waals surface area (Å²) in [5.41, 5.74) is -0.107. The highest BCUT2D eigenvalue weighted by atomic mass is 35.5. The highest BCUT2D eigenvalue weighted by Gasteiger charge is 2.22. The minimum Gasteiger partial charge on any atom is -0.475 e. The van der Waals surface area contributed by atoms with Crippen LogP contribution >= 0.6 is 11.6 Å². The number of H-pyrrole nitrogens is 1. The fourth-order valence-corrected chi connectivity index (χ4v) is 2.17. The van der Waals surface area contributed by atoms with Crippen molar-refractivity contribution >= 4 is 34.9 Å². The highest BCUT2D eigenvalue weighted by molar-refractivity contribution is 6.45. The molecule has 0 aliphatic rings. The topological polar surface area (TPSA) is 123 Å². The van der Waals surface area contributed by atoms with E-state index in [2.05, 4.69) is 10.3 Å². The molecule has 0 unspecified atom stereocenters. The van der Waals surface area contributed by atoms with Gasteiger partial charge in [-0.15, -0.1) is 0 Å². The van der Waals surface area contributed by atoms with Crippen molar-refractivity contribution in [2.75, 3.05) is 5.32 Å². The zero-order valence-corrected chi connectivity index (χ0v) is 12.6. The minimum absolute atomic E-state index is 0.154. The minimum atomic E-state index is -1.66. The van der Waals surface area contributed by atoms with Gasteiger partial charge in [0.2, 0.25) is 5.91 Å². The molecule has 0 saturated heterocycles. The molecular weight excluding hydrogens is 341 g/mol. The number of benzene rings is 1. The molecular formula is C15H9ClFN3O4. The van der Waals surface area contributed by atoms with E-state index < -0.39 is 23.5 Å². The van der Waals surface area contributed by atoms with Crippen LogP contribution in [0.25, 0.3) is 0 Å². The quantitative estimate of drug-likeness (QED) is 0.563. The Morgan fingerprint density at radius 2 is 2.08 bits per heavy atom. The number of carbonyl (C=O) groups is 3. The Hall–Kier alpha value is -3.18. The summed E-state index contributed by atoms with van der Waals surface area (Å²) in [6.45, 7) is 0. The van der Waals surface area contributed by atoms with Crippen LogP contribution in [0.1, 0.15) is 21.6 Å². The standard InChI is InChI=1S/C15H9ClFN3O4/c16-13-9(14(22)15(23)24)6-19-11(13)4-12(21)20-8-1-2-10(17)7(3-8)5-18/h1-3,6,19H,4H2,(H,20,21)(H,23,24). The third-order valence-corrected chi connectivity index (χ3v) is 3.47. The number of aromatic nitrogens is 1. The SMILES string of the molecule is N#Cc1cc(NC(=O)Cc2[nH]cc(C(=O)C(=O)O)c2Cl)ccc1F. The number of ketones is 1. The first-order valence-electron chi connectivity index (χ1n) is 6.46. The largest absolute Gasteiger partial charge is 0.475 e. The number of aliphatic carboxylic acids is 1. The van der Waals surface area contributed by atoms with E-state index in [4.69, 9.17) is 22.0 Å². The Morgan fingerprint density at radius 1 is 1.38 bits per heavy atom. The summed E-state index contributed by atoms with van der Waals surface area (Å²) in [7, 11) is 0. The molecule has 0 spiro atoms. The second-order valence-electron chi connectivity index (χ2n) is 4.66. The summed E-state index contributed by atoms with van der Waals surface area (Å²) in [4.78, 5) is 36.6. The van der Waals surface area contributed by atoms with Crippen LogP contribution in [0.4, 0.5) is 10.1 Å². The van der Waals surface area contributed by atoms with E-state index in [1.807, 2.05) is 0 Å². The predicted octanol–water partition coefficient (Wildman–Crippen LogP) is 2.13. The van der Waals surface area contributed by atoms with Crippen molar-refractivity contribution in [1.29, 1.82) is 5.26 Å². The first kappa shape index (κ1) is 17.2. The number of nitrogens with one attached hydrogen (secondary N) is 2. The predicted molar refractivity (Wildman–Crippen MR) is 81.2 cm³/mol. The van der Waals surface area contributed by atoms with Crippen LogP contribution in [-0.2, 0) is 16.0 Å². The third kappa shape index (κ3) is 3.59. The molecule has 2 rings (SSSR count). The van der Waals surface area contributed by atoms with Gasteiger partial charge in [-0.25, -0.2) is 9.18 Å². The van der Waals surface area contributed by atoms with Crippen LogP contribution < -0.4 is 5.32 Å². The summed E-state index contributed by atoms with van der Waals surface area (Å²) in [5.74, 6) is -4.12.